The van der Waals surface area contributed by atoms with Gasteiger partial charge < -0.3 is 4.74 Å². The first-order valence-corrected chi connectivity index (χ1v) is 4.63. The Labute approximate surface area is 93.3 Å². The Morgan fingerprint density at radius 1 is 1.40 bits per heavy atom. The zero-order valence-corrected chi connectivity index (χ0v) is 9.54. The molecule has 0 saturated carbocycles. The van der Waals surface area contributed by atoms with Crippen LogP contribution in [0, 0.1) is 0 Å². The van der Waals surface area contributed by atoms with Crippen LogP contribution in [0.4, 0.5) is 0 Å². The fraction of sp³-hybridized carbons (Fsp3) is 0.300. The van der Waals surface area contributed by atoms with Crippen molar-refractivity contribution in [3.63, 3.8) is 0 Å². The maximum absolute atomic E-state index is 11.8. The van der Waals surface area contributed by atoms with Crippen LogP contribution in [0.2, 0.25) is 5.02 Å². The first kappa shape index (κ1) is 11.8. The molecule has 1 aromatic carbocycles. The molecule has 0 saturated heterocycles. The maximum Gasteiger partial charge on any atom is 0.280 e. The molecule has 0 radical (unpaired) electrons. The van der Waals surface area contributed by atoms with Crippen molar-refractivity contribution in [1.82, 2.24) is 5.06 Å². The molecule has 0 unspecified atom stereocenters. The summed E-state index contributed by atoms with van der Waals surface area (Å²) in [5.41, 5.74) is 0.370. The van der Waals surface area contributed by atoms with Gasteiger partial charge in [-0.05, 0) is 18.2 Å². The normalized spacial score (nSPS) is 9.87. The highest BCUT2D eigenvalue weighted by Gasteiger charge is 2.16. The highest BCUT2D eigenvalue weighted by Crippen LogP contribution is 2.23. The van der Waals surface area contributed by atoms with Crippen molar-refractivity contribution in [3.05, 3.63) is 28.8 Å². The summed E-state index contributed by atoms with van der Waals surface area (Å²) < 4.78 is 5.05. The van der Waals surface area contributed by atoms with Crippen LogP contribution < -0.4 is 4.74 Å². The highest BCUT2D eigenvalue weighted by molar-refractivity contribution is 6.31. The van der Waals surface area contributed by atoms with Gasteiger partial charge in [0.2, 0.25) is 0 Å². The van der Waals surface area contributed by atoms with E-state index in [-0.39, 0.29) is 5.91 Å². The summed E-state index contributed by atoms with van der Waals surface area (Å²) in [6, 6.07) is 4.83. The third-order valence-corrected chi connectivity index (χ3v) is 2.19. The lowest BCUT2D eigenvalue weighted by Crippen LogP contribution is -2.25. The van der Waals surface area contributed by atoms with Gasteiger partial charge in [0.15, 0.2) is 0 Å². The van der Waals surface area contributed by atoms with Crippen LogP contribution in [0.3, 0.4) is 0 Å². The van der Waals surface area contributed by atoms with Crippen molar-refractivity contribution in [2.75, 3.05) is 21.3 Å². The predicted octanol–water partition coefficient (Wildman–Crippen LogP) is 1.98. The molecule has 4 nitrogen and oxygen atoms in total. The van der Waals surface area contributed by atoms with Crippen molar-refractivity contribution in [2.24, 2.45) is 0 Å². The van der Waals surface area contributed by atoms with E-state index in [9.17, 15) is 4.79 Å². The van der Waals surface area contributed by atoms with E-state index in [4.69, 9.17) is 21.2 Å². The summed E-state index contributed by atoms with van der Waals surface area (Å²) in [5.74, 6) is 0.158. The number of ether oxygens (including phenoxy) is 1. The Morgan fingerprint density at radius 3 is 2.60 bits per heavy atom. The monoisotopic (exact) mass is 229 g/mol. The van der Waals surface area contributed by atoms with Gasteiger partial charge in [-0.3, -0.25) is 9.63 Å². The molecule has 0 aliphatic carbocycles. The van der Waals surface area contributed by atoms with Gasteiger partial charge in [-0.25, -0.2) is 5.06 Å². The molecule has 0 heterocycles. The molecule has 1 aromatic rings. The lowest BCUT2D eigenvalue weighted by atomic mass is 10.2. The SMILES string of the molecule is COc1ccc(Cl)cc1C(=O)N(C)OC. The van der Waals surface area contributed by atoms with Crippen LogP contribution >= 0.6 is 11.6 Å². The third-order valence-electron chi connectivity index (χ3n) is 1.95. The number of carbonyl (C=O) groups is 1. The first-order valence-electron chi connectivity index (χ1n) is 4.26. The number of hydrogen-bond donors (Lipinski definition) is 0. The molecule has 5 heteroatoms. The van der Waals surface area contributed by atoms with Crippen molar-refractivity contribution in [2.45, 2.75) is 0 Å². The van der Waals surface area contributed by atoms with Crippen LogP contribution in [0.15, 0.2) is 18.2 Å². The van der Waals surface area contributed by atoms with E-state index in [1.54, 1.807) is 12.1 Å². The first-order chi connectivity index (χ1) is 7.10. The lowest BCUT2D eigenvalue weighted by Gasteiger charge is -2.15. The Morgan fingerprint density at radius 2 is 2.07 bits per heavy atom. The second-order valence-corrected chi connectivity index (χ2v) is 3.27. The number of rotatable bonds is 3. The second-order valence-electron chi connectivity index (χ2n) is 2.83. The Bertz CT molecular complexity index is 368. The summed E-state index contributed by atoms with van der Waals surface area (Å²) >= 11 is 5.80. The molecule has 0 bridgehead atoms. The summed E-state index contributed by atoms with van der Waals surface area (Å²) in [6.45, 7) is 0. The number of halogens is 1. The van der Waals surface area contributed by atoms with Gasteiger partial charge in [0.05, 0.1) is 19.8 Å². The zero-order chi connectivity index (χ0) is 11.4. The fourth-order valence-electron chi connectivity index (χ4n) is 1.10. The molecule has 1 amide bonds. The summed E-state index contributed by atoms with van der Waals surface area (Å²) in [6.07, 6.45) is 0. The van der Waals surface area contributed by atoms with E-state index < -0.39 is 0 Å². The van der Waals surface area contributed by atoms with Gasteiger partial charge in [0.1, 0.15) is 5.75 Å². The molecule has 0 aliphatic heterocycles. The Kier molecular flexibility index (Phi) is 3.94. The number of hydroxylamine groups is 2. The zero-order valence-electron chi connectivity index (χ0n) is 8.78. The van der Waals surface area contributed by atoms with Gasteiger partial charge >= 0.3 is 0 Å². The molecule has 82 valence electrons. The van der Waals surface area contributed by atoms with Crippen LogP contribution in [-0.4, -0.2) is 32.2 Å². The molecule has 0 atom stereocenters. The Hall–Kier alpha value is -1.26. The molecular formula is C10H12ClNO3. The van der Waals surface area contributed by atoms with E-state index in [1.807, 2.05) is 0 Å². The van der Waals surface area contributed by atoms with Gasteiger partial charge in [-0.1, -0.05) is 11.6 Å². The summed E-state index contributed by atoms with van der Waals surface area (Å²) in [4.78, 5) is 16.6. The summed E-state index contributed by atoms with van der Waals surface area (Å²) in [5, 5.41) is 1.58. The average Bonchev–Trinajstić information content (AvgIpc) is 2.27. The molecule has 1 rings (SSSR count). The molecule has 0 N–H and O–H groups in total. The van der Waals surface area contributed by atoms with Crippen LogP contribution in [0.25, 0.3) is 0 Å². The number of methoxy groups -OCH3 is 1. The summed E-state index contributed by atoms with van der Waals surface area (Å²) in [7, 11) is 4.42. The number of carbonyl (C=O) groups excluding carboxylic acids is 1. The minimum absolute atomic E-state index is 0.308. The van der Waals surface area contributed by atoms with Crippen LogP contribution in [0.5, 0.6) is 5.75 Å². The fourth-order valence-corrected chi connectivity index (χ4v) is 1.27. The van der Waals surface area contributed by atoms with Gasteiger partial charge in [-0.15, -0.1) is 0 Å². The van der Waals surface area contributed by atoms with E-state index in [0.717, 1.165) is 5.06 Å². The van der Waals surface area contributed by atoms with Crippen LogP contribution in [0.1, 0.15) is 10.4 Å². The molecule has 0 fully saturated rings. The standard InChI is InChI=1S/C10H12ClNO3/c1-12(15-3)10(13)8-6-7(11)4-5-9(8)14-2/h4-6H,1-3H3. The van der Waals surface area contributed by atoms with E-state index in [2.05, 4.69) is 0 Å². The number of nitrogens with zero attached hydrogens (tertiary/aromatic N) is 1. The van der Waals surface area contributed by atoms with E-state index in [1.165, 1.54) is 27.3 Å². The molecule has 0 aliphatic rings. The molecule has 15 heavy (non-hydrogen) atoms. The van der Waals surface area contributed by atoms with Crippen molar-refractivity contribution in [3.8, 4) is 5.75 Å². The average molecular weight is 230 g/mol. The smallest absolute Gasteiger partial charge is 0.280 e. The Balaban J connectivity index is 3.11. The number of amides is 1. The maximum atomic E-state index is 11.8. The van der Waals surface area contributed by atoms with E-state index >= 15 is 0 Å². The number of hydrogen-bond acceptors (Lipinski definition) is 3. The molecule has 0 aromatic heterocycles. The molecular weight excluding hydrogens is 218 g/mol. The van der Waals surface area contributed by atoms with Crippen molar-refractivity contribution in [1.29, 1.82) is 0 Å². The van der Waals surface area contributed by atoms with Gasteiger partial charge in [0, 0.05) is 12.1 Å². The van der Waals surface area contributed by atoms with Crippen molar-refractivity contribution >= 4 is 17.5 Å². The van der Waals surface area contributed by atoms with Crippen LogP contribution in [-0.2, 0) is 4.84 Å². The minimum atomic E-state index is -0.308. The lowest BCUT2D eigenvalue weighted by molar-refractivity contribution is -0.0758. The largest absolute Gasteiger partial charge is 0.496 e. The topological polar surface area (TPSA) is 38.8 Å². The van der Waals surface area contributed by atoms with E-state index in [0.29, 0.717) is 16.3 Å². The number of benzene rings is 1. The van der Waals surface area contributed by atoms with Crippen molar-refractivity contribution < 1.29 is 14.4 Å². The third kappa shape index (κ3) is 2.61. The van der Waals surface area contributed by atoms with Gasteiger partial charge in [0.25, 0.3) is 5.91 Å². The quantitative estimate of drug-likeness (QED) is 0.744. The molecule has 0 spiro atoms. The highest BCUT2D eigenvalue weighted by atomic mass is 35.5. The predicted molar refractivity (Wildman–Crippen MR) is 57.1 cm³/mol. The minimum Gasteiger partial charge on any atom is -0.496 e. The second kappa shape index (κ2) is 5.00. The van der Waals surface area contributed by atoms with Gasteiger partial charge in [-0.2, -0.15) is 0 Å².